The van der Waals surface area contributed by atoms with Crippen molar-refractivity contribution >= 4 is 11.9 Å². The summed E-state index contributed by atoms with van der Waals surface area (Å²) >= 11 is 0. The maximum atomic E-state index is 12.2. The molecular formula is C23H37NO4. The smallest absolute Gasteiger partial charge is 0.305 e. The van der Waals surface area contributed by atoms with Gasteiger partial charge in [0.15, 0.2) is 0 Å². The van der Waals surface area contributed by atoms with Gasteiger partial charge >= 0.3 is 5.97 Å². The normalized spacial score (nSPS) is 18.8. The molecule has 1 heterocycles. The van der Waals surface area contributed by atoms with Crippen LogP contribution < -0.4 is 0 Å². The van der Waals surface area contributed by atoms with Crippen LogP contribution >= 0.6 is 0 Å². The van der Waals surface area contributed by atoms with E-state index in [2.05, 4.69) is 23.5 Å². The number of nitrogens with zero attached hydrogens (tertiary/aromatic N) is 1. The minimum absolute atomic E-state index is 0.0793. The second kappa shape index (κ2) is 14.2. The lowest BCUT2D eigenvalue weighted by molar-refractivity contribution is -0.140. The first-order valence-electron chi connectivity index (χ1n) is 10.7. The van der Waals surface area contributed by atoms with Crippen LogP contribution in [-0.4, -0.2) is 47.7 Å². The number of ether oxygens (including phenoxy) is 1. The van der Waals surface area contributed by atoms with Crippen molar-refractivity contribution < 1.29 is 19.4 Å². The topological polar surface area (TPSA) is 66.8 Å². The molecule has 1 aliphatic heterocycles. The van der Waals surface area contributed by atoms with Crippen molar-refractivity contribution in [2.24, 2.45) is 5.92 Å². The fourth-order valence-corrected chi connectivity index (χ4v) is 3.25. The van der Waals surface area contributed by atoms with E-state index in [1.165, 1.54) is 7.11 Å². The predicted molar refractivity (Wildman–Crippen MR) is 111 cm³/mol. The Morgan fingerprint density at radius 2 is 2.07 bits per heavy atom. The van der Waals surface area contributed by atoms with E-state index < -0.39 is 6.10 Å². The zero-order valence-electron chi connectivity index (χ0n) is 17.8. The molecule has 0 bridgehead atoms. The molecule has 1 saturated heterocycles. The average Bonchev–Trinajstić information content (AvgIpc) is 3.05. The van der Waals surface area contributed by atoms with Crippen LogP contribution in [0.25, 0.3) is 0 Å². The van der Waals surface area contributed by atoms with Gasteiger partial charge in [0.1, 0.15) is 0 Å². The van der Waals surface area contributed by atoms with Crippen LogP contribution in [-0.2, 0) is 14.3 Å². The molecule has 28 heavy (non-hydrogen) atoms. The molecule has 1 unspecified atom stereocenters. The summed E-state index contributed by atoms with van der Waals surface area (Å²) in [4.78, 5) is 25.2. The quantitative estimate of drug-likeness (QED) is 0.237. The van der Waals surface area contributed by atoms with E-state index in [4.69, 9.17) is 0 Å². The number of aliphatic hydroxyl groups is 1. The zero-order chi connectivity index (χ0) is 20.8. The van der Waals surface area contributed by atoms with Gasteiger partial charge in [-0.1, -0.05) is 38.8 Å². The first kappa shape index (κ1) is 24.2. The van der Waals surface area contributed by atoms with Gasteiger partial charge in [0, 0.05) is 32.2 Å². The van der Waals surface area contributed by atoms with Crippen LogP contribution in [0.2, 0.25) is 0 Å². The first-order chi connectivity index (χ1) is 13.5. The van der Waals surface area contributed by atoms with Gasteiger partial charge in [0.25, 0.3) is 0 Å². The Kier molecular flexibility index (Phi) is 12.3. The third-order valence-electron chi connectivity index (χ3n) is 5.17. The van der Waals surface area contributed by atoms with E-state index in [1.807, 2.05) is 24.0 Å². The molecule has 5 heteroatoms. The van der Waals surface area contributed by atoms with E-state index in [0.717, 1.165) is 51.5 Å². The fraction of sp³-hybridized carbons (Fsp3) is 0.739. The molecule has 1 rings (SSSR count). The van der Waals surface area contributed by atoms with Crippen molar-refractivity contribution in [3.63, 3.8) is 0 Å². The minimum atomic E-state index is -0.535. The van der Waals surface area contributed by atoms with Crippen molar-refractivity contribution in [3.05, 3.63) is 12.2 Å². The number of carbonyl (C=O) groups excluding carboxylic acids is 2. The summed E-state index contributed by atoms with van der Waals surface area (Å²) in [5.74, 6) is 6.36. The number of methoxy groups -OCH3 is 1. The van der Waals surface area contributed by atoms with Gasteiger partial charge in [-0.3, -0.25) is 9.59 Å². The van der Waals surface area contributed by atoms with Crippen LogP contribution in [0.15, 0.2) is 12.2 Å². The predicted octanol–water partition coefficient (Wildman–Crippen LogP) is 3.85. The lowest BCUT2D eigenvalue weighted by atomic mass is 9.99. The molecule has 1 aliphatic rings. The molecule has 5 nitrogen and oxygen atoms in total. The highest BCUT2D eigenvalue weighted by molar-refractivity contribution is 5.79. The Balaban J connectivity index is 2.36. The maximum absolute atomic E-state index is 12.2. The van der Waals surface area contributed by atoms with Gasteiger partial charge in [-0.25, -0.2) is 0 Å². The zero-order valence-corrected chi connectivity index (χ0v) is 17.8. The Labute approximate surface area is 170 Å². The van der Waals surface area contributed by atoms with Gasteiger partial charge in [0.05, 0.1) is 19.3 Å². The Bertz CT molecular complexity index is 561. The van der Waals surface area contributed by atoms with E-state index in [1.54, 1.807) is 0 Å². The number of unbranched alkanes of at least 4 members (excludes halogenated alkanes) is 4. The molecule has 0 aliphatic carbocycles. The van der Waals surface area contributed by atoms with Crippen LogP contribution in [0.4, 0.5) is 0 Å². The minimum Gasteiger partial charge on any atom is -0.469 e. The van der Waals surface area contributed by atoms with Gasteiger partial charge in [-0.05, 0) is 31.6 Å². The average molecular weight is 392 g/mol. The summed E-state index contributed by atoms with van der Waals surface area (Å²) in [6.07, 6.45) is 11.5. The second-order valence-electron chi connectivity index (χ2n) is 7.59. The van der Waals surface area contributed by atoms with Crippen LogP contribution in [0.1, 0.15) is 78.1 Å². The van der Waals surface area contributed by atoms with Crippen molar-refractivity contribution in [1.82, 2.24) is 4.90 Å². The summed E-state index contributed by atoms with van der Waals surface area (Å²) in [7, 11) is 1.41. The summed E-state index contributed by atoms with van der Waals surface area (Å²) in [5, 5.41) is 10.3. The molecule has 1 fully saturated rings. The monoisotopic (exact) mass is 391 g/mol. The molecular weight excluding hydrogens is 354 g/mol. The molecule has 0 spiro atoms. The standard InChI is InChI=1S/C23H37NO4/c1-4-5-6-9-12-19(2)21(25)16-14-20-15-17-22(26)24(20)18-11-8-7-10-13-23(27)28-3/h14,16,19-21,25H,4-5,7-8,10-13,15,17-18H2,1-3H3/b16-14+/t19-,20?,21-/m1/s1. The molecule has 158 valence electrons. The van der Waals surface area contributed by atoms with Crippen LogP contribution in [0.3, 0.4) is 0 Å². The third kappa shape index (κ3) is 9.41. The number of esters is 1. The maximum Gasteiger partial charge on any atom is 0.305 e. The number of hydrogen-bond acceptors (Lipinski definition) is 4. The number of aliphatic hydroxyl groups excluding tert-OH is 1. The number of likely N-dealkylation sites (tertiary alicyclic amines) is 1. The van der Waals surface area contributed by atoms with E-state index >= 15 is 0 Å². The van der Waals surface area contributed by atoms with E-state index in [0.29, 0.717) is 19.3 Å². The van der Waals surface area contributed by atoms with Gasteiger partial charge < -0.3 is 14.7 Å². The first-order valence-corrected chi connectivity index (χ1v) is 10.7. The molecule has 1 amide bonds. The summed E-state index contributed by atoms with van der Waals surface area (Å²) < 4.78 is 4.63. The van der Waals surface area contributed by atoms with E-state index in [-0.39, 0.29) is 23.8 Å². The van der Waals surface area contributed by atoms with Crippen molar-refractivity contribution in [3.8, 4) is 11.8 Å². The number of carbonyl (C=O) groups is 2. The molecule has 0 radical (unpaired) electrons. The van der Waals surface area contributed by atoms with E-state index in [9.17, 15) is 14.7 Å². The highest BCUT2D eigenvalue weighted by Crippen LogP contribution is 2.22. The molecule has 0 aromatic heterocycles. The van der Waals surface area contributed by atoms with Crippen molar-refractivity contribution in [1.29, 1.82) is 0 Å². The molecule has 0 aromatic carbocycles. The van der Waals surface area contributed by atoms with Crippen molar-refractivity contribution in [2.75, 3.05) is 13.7 Å². The second-order valence-corrected chi connectivity index (χ2v) is 7.59. The Hall–Kier alpha value is -1.80. The lowest BCUT2D eigenvalue weighted by Gasteiger charge is -2.23. The van der Waals surface area contributed by atoms with Crippen LogP contribution in [0.5, 0.6) is 0 Å². The highest BCUT2D eigenvalue weighted by Gasteiger charge is 2.28. The third-order valence-corrected chi connectivity index (χ3v) is 5.17. The fourth-order valence-electron chi connectivity index (χ4n) is 3.25. The van der Waals surface area contributed by atoms with Crippen molar-refractivity contribution in [2.45, 2.75) is 90.2 Å². The van der Waals surface area contributed by atoms with Gasteiger partial charge in [-0.2, -0.15) is 0 Å². The Morgan fingerprint density at radius 1 is 1.32 bits per heavy atom. The Morgan fingerprint density at radius 3 is 2.79 bits per heavy atom. The largest absolute Gasteiger partial charge is 0.469 e. The summed E-state index contributed by atoms with van der Waals surface area (Å²) in [6.45, 7) is 4.84. The molecule has 1 N–H and O–H groups in total. The number of rotatable bonds is 12. The summed E-state index contributed by atoms with van der Waals surface area (Å²) in [5.41, 5.74) is 0. The highest BCUT2D eigenvalue weighted by atomic mass is 16.5. The van der Waals surface area contributed by atoms with Crippen LogP contribution in [0, 0.1) is 17.8 Å². The SMILES string of the molecule is CCCC#CC[C@@H](C)[C@H](O)/C=C/C1CCC(=O)N1CCCCCCC(=O)OC. The lowest BCUT2D eigenvalue weighted by Crippen LogP contribution is -2.33. The summed E-state index contributed by atoms with van der Waals surface area (Å²) in [6, 6.07) is 0.0793. The number of amides is 1. The molecule has 3 atom stereocenters. The van der Waals surface area contributed by atoms with Gasteiger partial charge in [-0.15, -0.1) is 11.8 Å². The number of hydrogen-bond donors (Lipinski definition) is 1. The molecule has 0 saturated carbocycles. The molecule has 0 aromatic rings. The van der Waals surface area contributed by atoms with Gasteiger partial charge in [0.2, 0.25) is 5.91 Å².